The van der Waals surface area contributed by atoms with Gasteiger partial charge in [-0.2, -0.15) is 13.2 Å². The Morgan fingerprint density at radius 1 is 1.13 bits per heavy atom. The number of anilines is 1. The van der Waals surface area contributed by atoms with Crippen molar-refractivity contribution < 1.29 is 31.1 Å². The molecule has 1 aliphatic rings. The highest BCUT2D eigenvalue weighted by Crippen LogP contribution is 2.32. The van der Waals surface area contributed by atoms with Crippen molar-refractivity contribution in [2.75, 3.05) is 24.9 Å². The first-order chi connectivity index (χ1) is 14.5. The summed E-state index contributed by atoms with van der Waals surface area (Å²) in [5.41, 5.74) is -1.12. The molecule has 0 aliphatic carbocycles. The van der Waals surface area contributed by atoms with Crippen LogP contribution < -0.4 is 9.46 Å². The number of carbonyl (C=O) groups is 1. The fraction of sp³-hybridized carbons (Fsp3) is 0.381. The second-order valence-corrected chi connectivity index (χ2v) is 9.20. The first-order valence-corrected chi connectivity index (χ1v) is 11.2. The van der Waals surface area contributed by atoms with E-state index in [1.165, 1.54) is 31.4 Å². The summed E-state index contributed by atoms with van der Waals surface area (Å²) in [4.78, 5) is 14.4. The first-order valence-electron chi connectivity index (χ1n) is 9.68. The topological polar surface area (TPSA) is 75.7 Å². The van der Waals surface area contributed by atoms with E-state index in [2.05, 4.69) is 11.6 Å². The van der Waals surface area contributed by atoms with Crippen LogP contribution in [0.15, 0.2) is 47.4 Å². The monoisotopic (exact) mass is 456 g/mol. The molecule has 1 saturated heterocycles. The third kappa shape index (κ3) is 5.30. The Hall–Kier alpha value is -2.75. The Morgan fingerprint density at radius 2 is 1.81 bits per heavy atom. The van der Waals surface area contributed by atoms with Gasteiger partial charge in [-0.15, -0.1) is 0 Å². The molecule has 1 aliphatic heterocycles. The molecule has 10 heteroatoms. The van der Waals surface area contributed by atoms with Crippen molar-refractivity contribution in [2.24, 2.45) is 5.92 Å². The van der Waals surface area contributed by atoms with Gasteiger partial charge < -0.3 is 9.64 Å². The number of likely N-dealkylation sites (tertiary alicyclic amines) is 1. The second-order valence-electron chi connectivity index (χ2n) is 7.52. The summed E-state index contributed by atoms with van der Waals surface area (Å²) in [7, 11) is -2.87. The highest BCUT2D eigenvalue weighted by molar-refractivity contribution is 7.92. The van der Waals surface area contributed by atoms with Crippen LogP contribution in [0.5, 0.6) is 5.75 Å². The number of piperidine rings is 1. The van der Waals surface area contributed by atoms with Crippen molar-refractivity contribution in [2.45, 2.75) is 30.8 Å². The molecule has 3 rings (SSSR count). The number of hydrogen-bond acceptors (Lipinski definition) is 4. The quantitative estimate of drug-likeness (QED) is 0.724. The van der Waals surface area contributed by atoms with Crippen LogP contribution >= 0.6 is 0 Å². The second kappa shape index (κ2) is 8.78. The van der Waals surface area contributed by atoms with Crippen LogP contribution in [-0.2, 0) is 16.2 Å². The van der Waals surface area contributed by atoms with E-state index in [0.29, 0.717) is 25.1 Å². The van der Waals surface area contributed by atoms with Crippen molar-refractivity contribution in [1.29, 1.82) is 0 Å². The van der Waals surface area contributed by atoms with Crippen LogP contribution in [0.25, 0.3) is 0 Å². The highest BCUT2D eigenvalue weighted by Gasteiger charge is 2.31. The fourth-order valence-electron chi connectivity index (χ4n) is 3.38. The van der Waals surface area contributed by atoms with Gasteiger partial charge in [-0.25, -0.2) is 8.42 Å². The van der Waals surface area contributed by atoms with E-state index in [-0.39, 0.29) is 27.8 Å². The summed E-state index contributed by atoms with van der Waals surface area (Å²) in [6, 6.07) is 7.68. The van der Waals surface area contributed by atoms with Gasteiger partial charge >= 0.3 is 6.18 Å². The zero-order chi connectivity index (χ0) is 22.8. The fourth-order valence-corrected chi connectivity index (χ4v) is 4.45. The van der Waals surface area contributed by atoms with E-state index >= 15 is 0 Å². The Morgan fingerprint density at radius 3 is 2.42 bits per heavy atom. The van der Waals surface area contributed by atoms with Crippen LogP contribution in [0.4, 0.5) is 18.9 Å². The largest absolute Gasteiger partial charge is 0.496 e. The molecule has 0 radical (unpaired) electrons. The van der Waals surface area contributed by atoms with Crippen molar-refractivity contribution in [3.8, 4) is 5.75 Å². The number of nitrogens with zero attached hydrogens (tertiary/aromatic N) is 1. The number of alkyl halides is 3. The Balaban J connectivity index is 1.90. The number of amides is 1. The number of halogens is 3. The van der Waals surface area contributed by atoms with Gasteiger partial charge in [0.05, 0.1) is 23.1 Å². The lowest BCUT2D eigenvalue weighted by atomic mass is 9.98. The van der Waals surface area contributed by atoms with Gasteiger partial charge in [-0.3, -0.25) is 9.52 Å². The zero-order valence-electron chi connectivity index (χ0n) is 17.1. The van der Waals surface area contributed by atoms with E-state index in [9.17, 15) is 26.4 Å². The average molecular weight is 456 g/mol. The number of carbonyl (C=O) groups excluding carboxylic acids is 1. The van der Waals surface area contributed by atoms with Gasteiger partial charge in [0.2, 0.25) is 0 Å². The molecule has 0 spiro atoms. The molecule has 0 bridgehead atoms. The lowest BCUT2D eigenvalue weighted by Crippen LogP contribution is -2.38. The summed E-state index contributed by atoms with van der Waals surface area (Å²) in [6.45, 7) is 3.22. The molecule has 0 aromatic heterocycles. The third-order valence-corrected chi connectivity index (χ3v) is 6.60. The predicted molar refractivity (Wildman–Crippen MR) is 110 cm³/mol. The van der Waals surface area contributed by atoms with Gasteiger partial charge in [-0.05, 0) is 55.2 Å². The summed E-state index contributed by atoms with van der Waals surface area (Å²) in [6.07, 6.45) is -2.90. The van der Waals surface area contributed by atoms with E-state index in [1.54, 1.807) is 4.90 Å². The summed E-state index contributed by atoms with van der Waals surface area (Å²) in [5, 5.41) is 0. The SMILES string of the molecule is COc1ccc(S(=O)(=O)Nc2cccc(C(F)(F)F)c2)cc1C(=O)N1CCC(C)CC1. The summed E-state index contributed by atoms with van der Waals surface area (Å²) >= 11 is 0. The van der Waals surface area contributed by atoms with Crippen molar-refractivity contribution >= 4 is 21.6 Å². The Kier molecular flexibility index (Phi) is 6.49. The number of hydrogen-bond donors (Lipinski definition) is 1. The maximum Gasteiger partial charge on any atom is 0.416 e. The minimum Gasteiger partial charge on any atom is -0.496 e. The third-order valence-electron chi connectivity index (χ3n) is 5.22. The number of benzene rings is 2. The molecule has 1 heterocycles. The van der Waals surface area contributed by atoms with Crippen LogP contribution in [0.1, 0.15) is 35.7 Å². The van der Waals surface area contributed by atoms with E-state index < -0.39 is 21.8 Å². The smallest absolute Gasteiger partial charge is 0.416 e. The van der Waals surface area contributed by atoms with Crippen LogP contribution in [-0.4, -0.2) is 39.4 Å². The lowest BCUT2D eigenvalue weighted by Gasteiger charge is -2.30. The summed E-state index contributed by atoms with van der Waals surface area (Å²) in [5.74, 6) is 0.385. The Bertz CT molecular complexity index is 1060. The molecular formula is C21H23F3N2O4S. The molecule has 1 amide bonds. The number of rotatable bonds is 5. The molecule has 2 aromatic carbocycles. The van der Waals surface area contributed by atoms with Crippen molar-refractivity contribution in [3.05, 3.63) is 53.6 Å². The molecule has 1 fully saturated rings. The first kappa shape index (κ1) is 22.9. The number of sulfonamides is 1. The lowest BCUT2D eigenvalue weighted by molar-refractivity contribution is -0.137. The molecule has 6 nitrogen and oxygen atoms in total. The van der Waals surface area contributed by atoms with Gasteiger partial charge in [0.25, 0.3) is 15.9 Å². The van der Waals surface area contributed by atoms with Crippen LogP contribution in [0, 0.1) is 5.92 Å². The molecular weight excluding hydrogens is 433 g/mol. The molecule has 168 valence electrons. The average Bonchev–Trinajstić information content (AvgIpc) is 2.72. The van der Waals surface area contributed by atoms with Gasteiger partial charge in [0, 0.05) is 18.8 Å². The number of methoxy groups -OCH3 is 1. The normalized spacial score (nSPS) is 15.6. The van der Waals surface area contributed by atoms with E-state index in [0.717, 1.165) is 25.0 Å². The van der Waals surface area contributed by atoms with Gasteiger partial charge in [0.15, 0.2) is 0 Å². The van der Waals surface area contributed by atoms with Crippen molar-refractivity contribution in [1.82, 2.24) is 4.90 Å². The van der Waals surface area contributed by atoms with Gasteiger partial charge in [0.1, 0.15) is 5.75 Å². The van der Waals surface area contributed by atoms with Crippen molar-refractivity contribution in [3.63, 3.8) is 0 Å². The zero-order valence-corrected chi connectivity index (χ0v) is 17.9. The standard InChI is InChI=1S/C21H23F3N2O4S/c1-14-8-10-26(11-9-14)20(27)18-13-17(6-7-19(18)30-2)31(28,29)25-16-5-3-4-15(12-16)21(22,23)24/h3-7,12-14,25H,8-11H2,1-2H3. The molecule has 1 N–H and O–H groups in total. The maximum absolute atomic E-state index is 13.0. The molecule has 0 saturated carbocycles. The molecule has 0 unspecified atom stereocenters. The highest BCUT2D eigenvalue weighted by atomic mass is 32.2. The molecule has 31 heavy (non-hydrogen) atoms. The van der Waals surface area contributed by atoms with E-state index in [4.69, 9.17) is 4.74 Å². The number of ether oxygens (including phenoxy) is 1. The predicted octanol–water partition coefficient (Wildman–Crippen LogP) is 4.39. The Labute approximate surface area is 179 Å². The number of nitrogens with one attached hydrogen (secondary N) is 1. The van der Waals surface area contributed by atoms with E-state index in [1.807, 2.05) is 0 Å². The van der Waals surface area contributed by atoms with Crippen LogP contribution in [0.3, 0.4) is 0 Å². The molecule has 0 atom stereocenters. The summed E-state index contributed by atoms with van der Waals surface area (Å²) < 4.78 is 71.7. The van der Waals surface area contributed by atoms with Crippen LogP contribution in [0.2, 0.25) is 0 Å². The van der Waals surface area contributed by atoms with Gasteiger partial charge in [-0.1, -0.05) is 13.0 Å². The molecule has 2 aromatic rings. The minimum atomic E-state index is -4.60. The maximum atomic E-state index is 13.0. The minimum absolute atomic E-state index is 0.0870.